The van der Waals surface area contributed by atoms with E-state index in [1.165, 1.54) is 38.8 Å². The number of thioether (sulfide) groups is 1. The van der Waals surface area contributed by atoms with E-state index in [1.807, 2.05) is 0 Å². The SMILES string of the molecule is CC1NC2CC3C4CNCC(C4)CC3CC2S1. The Morgan fingerprint density at radius 1 is 1.00 bits per heavy atom. The second kappa shape index (κ2) is 4.14. The van der Waals surface area contributed by atoms with E-state index in [1.54, 1.807) is 0 Å². The zero-order valence-electron chi connectivity index (χ0n) is 10.7. The highest BCUT2D eigenvalue weighted by molar-refractivity contribution is 8.00. The maximum Gasteiger partial charge on any atom is 0.0509 e. The zero-order chi connectivity index (χ0) is 11.4. The van der Waals surface area contributed by atoms with Gasteiger partial charge in [-0.3, -0.25) is 0 Å². The van der Waals surface area contributed by atoms with Gasteiger partial charge >= 0.3 is 0 Å². The van der Waals surface area contributed by atoms with Crippen molar-refractivity contribution >= 4 is 11.8 Å². The molecule has 96 valence electrons. The van der Waals surface area contributed by atoms with Crippen molar-refractivity contribution in [3.8, 4) is 0 Å². The summed E-state index contributed by atoms with van der Waals surface area (Å²) in [6.45, 7) is 4.94. The molecule has 2 aliphatic heterocycles. The molecule has 4 fully saturated rings. The van der Waals surface area contributed by atoms with E-state index in [4.69, 9.17) is 0 Å². The largest absolute Gasteiger partial charge is 0.316 e. The highest BCUT2D eigenvalue weighted by Crippen LogP contribution is 2.51. The lowest BCUT2D eigenvalue weighted by molar-refractivity contribution is 0.0373. The van der Waals surface area contributed by atoms with Crippen molar-refractivity contribution in [1.29, 1.82) is 0 Å². The predicted molar refractivity (Wildman–Crippen MR) is 73.1 cm³/mol. The molecule has 3 heteroatoms. The van der Waals surface area contributed by atoms with Crippen LogP contribution in [0.2, 0.25) is 0 Å². The van der Waals surface area contributed by atoms with Crippen LogP contribution in [-0.4, -0.2) is 29.8 Å². The van der Waals surface area contributed by atoms with Gasteiger partial charge < -0.3 is 10.6 Å². The van der Waals surface area contributed by atoms with Gasteiger partial charge in [-0.25, -0.2) is 0 Å². The molecule has 0 spiro atoms. The fraction of sp³-hybridized carbons (Fsp3) is 1.00. The molecule has 4 rings (SSSR count). The van der Waals surface area contributed by atoms with Crippen molar-refractivity contribution < 1.29 is 0 Å². The Morgan fingerprint density at radius 3 is 2.82 bits per heavy atom. The summed E-state index contributed by atoms with van der Waals surface area (Å²) in [5.41, 5.74) is 0. The van der Waals surface area contributed by atoms with Crippen molar-refractivity contribution in [2.24, 2.45) is 23.7 Å². The van der Waals surface area contributed by atoms with Crippen LogP contribution in [0.15, 0.2) is 0 Å². The lowest BCUT2D eigenvalue weighted by Crippen LogP contribution is -2.52. The van der Waals surface area contributed by atoms with Gasteiger partial charge in [-0.15, -0.1) is 11.8 Å². The van der Waals surface area contributed by atoms with Crippen molar-refractivity contribution in [2.45, 2.75) is 49.3 Å². The molecule has 2 heterocycles. The minimum absolute atomic E-state index is 0.697. The Labute approximate surface area is 109 Å². The van der Waals surface area contributed by atoms with Gasteiger partial charge in [0.2, 0.25) is 0 Å². The molecule has 4 aliphatic rings. The molecule has 0 amide bonds. The second-order valence-electron chi connectivity index (χ2n) is 6.74. The fourth-order valence-electron chi connectivity index (χ4n) is 5.05. The number of nitrogens with one attached hydrogen (secondary N) is 2. The van der Waals surface area contributed by atoms with Crippen LogP contribution >= 0.6 is 11.8 Å². The molecule has 2 N–H and O–H groups in total. The third-order valence-corrected chi connectivity index (χ3v) is 7.08. The average Bonchev–Trinajstić information content (AvgIpc) is 2.66. The number of fused-ring (bicyclic) bond motifs is 5. The molecule has 0 aromatic rings. The average molecular weight is 252 g/mol. The molecule has 7 unspecified atom stereocenters. The second-order valence-corrected chi connectivity index (χ2v) is 8.33. The number of piperidine rings is 1. The van der Waals surface area contributed by atoms with Crippen LogP contribution in [0, 0.1) is 23.7 Å². The predicted octanol–water partition coefficient (Wildman–Crippen LogP) is 2.06. The summed E-state index contributed by atoms with van der Waals surface area (Å²) >= 11 is 2.21. The highest BCUT2D eigenvalue weighted by Gasteiger charge is 2.48. The first kappa shape index (κ1) is 11.1. The maximum atomic E-state index is 3.81. The van der Waals surface area contributed by atoms with Gasteiger partial charge in [0.05, 0.1) is 5.37 Å². The Hall–Kier alpha value is 0.270. The van der Waals surface area contributed by atoms with E-state index in [2.05, 4.69) is 29.3 Å². The summed E-state index contributed by atoms with van der Waals surface area (Å²) in [5, 5.41) is 9.09. The van der Waals surface area contributed by atoms with Crippen molar-refractivity contribution in [1.82, 2.24) is 10.6 Å². The van der Waals surface area contributed by atoms with Crippen LogP contribution in [0.3, 0.4) is 0 Å². The molecular formula is C14H24N2S. The fourth-order valence-corrected chi connectivity index (χ4v) is 6.57. The zero-order valence-corrected chi connectivity index (χ0v) is 11.5. The molecular weight excluding hydrogens is 228 g/mol. The number of hydrogen-bond acceptors (Lipinski definition) is 3. The van der Waals surface area contributed by atoms with Crippen LogP contribution in [0.25, 0.3) is 0 Å². The van der Waals surface area contributed by atoms with Crippen LogP contribution < -0.4 is 10.6 Å². The quantitative estimate of drug-likeness (QED) is 0.690. The van der Waals surface area contributed by atoms with Gasteiger partial charge in [0.15, 0.2) is 0 Å². The van der Waals surface area contributed by atoms with Crippen LogP contribution in [0.4, 0.5) is 0 Å². The molecule has 2 nitrogen and oxygen atoms in total. The monoisotopic (exact) mass is 252 g/mol. The summed E-state index contributed by atoms with van der Waals surface area (Å²) in [5.74, 6) is 4.08. The Balaban J connectivity index is 1.54. The van der Waals surface area contributed by atoms with Gasteiger partial charge in [-0.05, 0) is 69.4 Å². The first-order valence-corrected chi connectivity index (χ1v) is 8.36. The first-order valence-electron chi connectivity index (χ1n) is 7.42. The van der Waals surface area contributed by atoms with Crippen LogP contribution in [0.1, 0.15) is 32.6 Å². The van der Waals surface area contributed by atoms with E-state index in [0.717, 1.165) is 35.0 Å². The van der Waals surface area contributed by atoms with E-state index in [9.17, 15) is 0 Å². The molecule has 2 aliphatic carbocycles. The molecule has 2 bridgehead atoms. The molecule has 0 aromatic carbocycles. The smallest absolute Gasteiger partial charge is 0.0509 e. The Morgan fingerprint density at radius 2 is 1.88 bits per heavy atom. The summed E-state index contributed by atoms with van der Waals surface area (Å²) in [6.07, 6.45) is 6.01. The minimum atomic E-state index is 0.697. The minimum Gasteiger partial charge on any atom is -0.316 e. The molecule has 7 atom stereocenters. The Bertz CT molecular complexity index is 309. The molecule has 0 aromatic heterocycles. The molecule has 2 saturated carbocycles. The van der Waals surface area contributed by atoms with E-state index in [-0.39, 0.29) is 0 Å². The third kappa shape index (κ3) is 1.85. The normalized spacial score (nSPS) is 57.4. The van der Waals surface area contributed by atoms with Crippen LogP contribution in [0.5, 0.6) is 0 Å². The maximum absolute atomic E-state index is 3.81. The Kier molecular flexibility index (Phi) is 2.71. The number of hydrogen-bond donors (Lipinski definition) is 2. The highest BCUT2D eigenvalue weighted by atomic mass is 32.2. The van der Waals surface area contributed by atoms with Crippen molar-refractivity contribution in [2.75, 3.05) is 13.1 Å². The van der Waals surface area contributed by atoms with Gasteiger partial charge in [-0.2, -0.15) is 0 Å². The van der Waals surface area contributed by atoms with Gasteiger partial charge in [0.1, 0.15) is 0 Å². The number of rotatable bonds is 0. The van der Waals surface area contributed by atoms with Gasteiger partial charge in [-0.1, -0.05) is 0 Å². The lowest BCUT2D eigenvalue weighted by atomic mass is 9.60. The lowest BCUT2D eigenvalue weighted by Gasteiger charge is -2.50. The first-order chi connectivity index (χ1) is 8.29. The third-order valence-electron chi connectivity index (χ3n) is 5.66. The standard InChI is InChI=1S/C14H24N2S/c1-8-16-13-5-12-10(4-14(13)17-8)2-9-3-11(12)7-15-6-9/h8-16H,2-7H2,1H3. The van der Waals surface area contributed by atoms with E-state index < -0.39 is 0 Å². The summed E-state index contributed by atoms with van der Waals surface area (Å²) < 4.78 is 0. The van der Waals surface area contributed by atoms with E-state index >= 15 is 0 Å². The van der Waals surface area contributed by atoms with E-state index in [0.29, 0.717) is 5.37 Å². The molecule has 17 heavy (non-hydrogen) atoms. The topological polar surface area (TPSA) is 24.1 Å². The van der Waals surface area contributed by atoms with Crippen molar-refractivity contribution in [3.05, 3.63) is 0 Å². The summed E-state index contributed by atoms with van der Waals surface area (Å²) in [7, 11) is 0. The molecule has 0 radical (unpaired) electrons. The summed E-state index contributed by atoms with van der Waals surface area (Å²) in [6, 6.07) is 0.828. The van der Waals surface area contributed by atoms with Gasteiger partial charge in [0, 0.05) is 11.3 Å². The van der Waals surface area contributed by atoms with Gasteiger partial charge in [0.25, 0.3) is 0 Å². The van der Waals surface area contributed by atoms with Crippen LogP contribution in [-0.2, 0) is 0 Å². The summed E-state index contributed by atoms with van der Waals surface area (Å²) in [4.78, 5) is 0. The molecule has 2 saturated heterocycles. The van der Waals surface area contributed by atoms with Crippen molar-refractivity contribution in [3.63, 3.8) is 0 Å².